The van der Waals surface area contributed by atoms with E-state index in [1.807, 2.05) is 34.9 Å². The van der Waals surface area contributed by atoms with Gasteiger partial charge in [0.2, 0.25) is 0 Å². The fraction of sp³-hybridized carbons (Fsp3) is 0. The summed E-state index contributed by atoms with van der Waals surface area (Å²) in [4.78, 5) is 0. The summed E-state index contributed by atoms with van der Waals surface area (Å²) in [6, 6.07) is 16.0. The van der Waals surface area contributed by atoms with E-state index in [2.05, 4.69) is 10.2 Å². The van der Waals surface area contributed by atoms with E-state index in [4.69, 9.17) is 0 Å². The molecule has 0 amide bonds. The molecule has 3 aromatic rings. The number of aromatic nitrogens is 3. The number of hydrogen-bond donors (Lipinski definition) is 0. The summed E-state index contributed by atoms with van der Waals surface area (Å²) >= 11 is 0. The molecule has 0 aliphatic heterocycles. The molecule has 3 rings (SSSR count). The van der Waals surface area contributed by atoms with Crippen LogP contribution in [0.25, 0.3) is 17.1 Å². The van der Waals surface area contributed by atoms with Crippen molar-refractivity contribution in [1.29, 1.82) is 0 Å². The molecule has 0 aliphatic rings. The third-order valence-corrected chi connectivity index (χ3v) is 2.68. The van der Waals surface area contributed by atoms with E-state index < -0.39 is 0 Å². The van der Waals surface area contributed by atoms with Gasteiger partial charge < -0.3 is 0 Å². The lowest BCUT2D eigenvalue weighted by molar-refractivity contribution is 0.628. The molecule has 1 heterocycles. The first-order valence-electron chi connectivity index (χ1n) is 5.56. The first-order chi connectivity index (χ1) is 8.84. The number of hydrogen-bond acceptors (Lipinski definition) is 2. The van der Waals surface area contributed by atoms with Crippen LogP contribution in [0.1, 0.15) is 0 Å². The molecular weight excluding hydrogens is 229 g/mol. The lowest BCUT2D eigenvalue weighted by Crippen LogP contribution is -1.95. The standard InChI is InChI=1S/C14H10FN3/c15-12-8-6-11(7-9-12)14-17-16-10-18(14)13-4-2-1-3-5-13/h1-10H. The molecule has 0 spiro atoms. The zero-order valence-corrected chi connectivity index (χ0v) is 9.49. The monoisotopic (exact) mass is 239 g/mol. The molecule has 0 radical (unpaired) electrons. The van der Waals surface area contributed by atoms with Crippen molar-refractivity contribution in [3.05, 3.63) is 66.7 Å². The highest BCUT2D eigenvalue weighted by molar-refractivity contribution is 5.57. The van der Waals surface area contributed by atoms with Crippen molar-refractivity contribution in [2.45, 2.75) is 0 Å². The maximum absolute atomic E-state index is 12.9. The van der Waals surface area contributed by atoms with Crippen LogP contribution in [0.15, 0.2) is 60.9 Å². The van der Waals surface area contributed by atoms with Gasteiger partial charge in [-0.2, -0.15) is 0 Å². The summed E-state index contributed by atoms with van der Waals surface area (Å²) in [5.41, 5.74) is 1.81. The number of rotatable bonds is 2. The van der Waals surface area contributed by atoms with Gasteiger partial charge in [0.15, 0.2) is 5.82 Å². The van der Waals surface area contributed by atoms with E-state index in [-0.39, 0.29) is 5.82 Å². The normalized spacial score (nSPS) is 10.5. The second-order valence-corrected chi connectivity index (χ2v) is 3.87. The first kappa shape index (κ1) is 10.7. The van der Waals surface area contributed by atoms with Crippen LogP contribution in [0.4, 0.5) is 4.39 Å². The smallest absolute Gasteiger partial charge is 0.168 e. The first-order valence-corrected chi connectivity index (χ1v) is 5.56. The van der Waals surface area contributed by atoms with Crippen molar-refractivity contribution in [2.24, 2.45) is 0 Å². The highest BCUT2D eigenvalue weighted by Crippen LogP contribution is 2.20. The highest BCUT2D eigenvalue weighted by Gasteiger charge is 2.08. The van der Waals surface area contributed by atoms with E-state index in [1.54, 1.807) is 18.5 Å². The van der Waals surface area contributed by atoms with E-state index in [1.165, 1.54) is 12.1 Å². The molecule has 18 heavy (non-hydrogen) atoms. The van der Waals surface area contributed by atoms with Crippen LogP contribution >= 0.6 is 0 Å². The maximum atomic E-state index is 12.9. The van der Waals surface area contributed by atoms with Crippen molar-refractivity contribution in [3.63, 3.8) is 0 Å². The van der Waals surface area contributed by atoms with Gasteiger partial charge in [-0.25, -0.2) is 4.39 Å². The van der Waals surface area contributed by atoms with Gasteiger partial charge in [-0.15, -0.1) is 10.2 Å². The Morgan fingerprint density at radius 2 is 1.61 bits per heavy atom. The van der Waals surface area contributed by atoms with Crippen molar-refractivity contribution in [2.75, 3.05) is 0 Å². The predicted octanol–water partition coefficient (Wildman–Crippen LogP) is 3.07. The fourth-order valence-corrected chi connectivity index (χ4v) is 1.81. The van der Waals surface area contributed by atoms with Gasteiger partial charge in [0.05, 0.1) is 0 Å². The minimum absolute atomic E-state index is 0.260. The van der Waals surface area contributed by atoms with Gasteiger partial charge in [-0.3, -0.25) is 4.57 Å². The molecule has 0 aliphatic carbocycles. The molecule has 0 atom stereocenters. The lowest BCUT2D eigenvalue weighted by atomic mass is 10.2. The molecule has 0 saturated heterocycles. The van der Waals surface area contributed by atoms with E-state index >= 15 is 0 Å². The number of halogens is 1. The minimum atomic E-state index is -0.260. The van der Waals surface area contributed by atoms with Gasteiger partial charge in [-0.1, -0.05) is 18.2 Å². The Morgan fingerprint density at radius 1 is 0.889 bits per heavy atom. The van der Waals surface area contributed by atoms with Gasteiger partial charge in [-0.05, 0) is 36.4 Å². The molecule has 88 valence electrons. The topological polar surface area (TPSA) is 30.7 Å². The van der Waals surface area contributed by atoms with Gasteiger partial charge >= 0.3 is 0 Å². The Kier molecular flexibility index (Phi) is 2.61. The summed E-state index contributed by atoms with van der Waals surface area (Å²) in [7, 11) is 0. The lowest BCUT2D eigenvalue weighted by Gasteiger charge is -2.06. The summed E-state index contributed by atoms with van der Waals surface area (Å²) in [5, 5.41) is 8.00. The Bertz CT molecular complexity index is 644. The number of nitrogens with zero attached hydrogens (tertiary/aromatic N) is 3. The Hall–Kier alpha value is -2.49. The molecule has 2 aromatic carbocycles. The summed E-state index contributed by atoms with van der Waals surface area (Å²) < 4.78 is 14.8. The van der Waals surface area contributed by atoms with Crippen LogP contribution < -0.4 is 0 Å². The molecule has 0 unspecified atom stereocenters. The average Bonchev–Trinajstić information content (AvgIpc) is 2.90. The van der Waals surface area contributed by atoms with Crippen LogP contribution in [-0.4, -0.2) is 14.8 Å². The van der Waals surface area contributed by atoms with Crippen LogP contribution in [0, 0.1) is 5.82 Å². The molecule has 0 bridgehead atoms. The quantitative estimate of drug-likeness (QED) is 0.688. The van der Waals surface area contributed by atoms with Crippen LogP contribution in [-0.2, 0) is 0 Å². The average molecular weight is 239 g/mol. The Morgan fingerprint density at radius 3 is 2.33 bits per heavy atom. The zero-order valence-electron chi connectivity index (χ0n) is 9.49. The zero-order chi connectivity index (χ0) is 12.4. The third kappa shape index (κ3) is 1.88. The van der Waals surface area contributed by atoms with E-state index in [9.17, 15) is 4.39 Å². The SMILES string of the molecule is Fc1ccc(-c2nncn2-c2ccccc2)cc1. The molecule has 0 saturated carbocycles. The fourth-order valence-electron chi connectivity index (χ4n) is 1.81. The summed E-state index contributed by atoms with van der Waals surface area (Å²) in [6.07, 6.45) is 1.65. The van der Waals surface area contributed by atoms with Crippen LogP contribution in [0.3, 0.4) is 0 Å². The van der Waals surface area contributed by atoms with Crippen LogP contribution in [0.5, 0.6) is 0 Å². The van der Waals surface area contributed by atoms with Crippen molar-refractivity contribution < 1.29 is 4.39 Å². The molecule has 0 fully saturated rings. The minimum Gasteiger partial charge on any atom is -0.282 e. The third-order valence-electron chi connectivity index (χ3n) is 2.68. The second-order valence-electron chi connectivity index (χ2n) is 3.87. The highest BCUT2D eigenvalue weighted by atomic mass is 19.1. The maximum Gasteiger partial charge on any atom is 0.168 e. The van der Waals surface area contributed by atoms with Gasteiger partial charge in [0, 0.05) is 11.3 Å². The van der Waals surface area contributed by atoms with Crippen LogP contribution in [0.2, 0.25) is 0 Å². The van der Waals surface area contributed by atoms with Gasteiger partial charge in [0.1, 0.15) is 12.1 Å². The predicted molar refractivity (Wildman–Crippen MR) is 66.8 cm³/mol. The largest absolute Gasteiger partial charge is 0.282 e. The van der Waals surface area contributed by atoms with Gasteiger partial charge in [0.25, 0.3) is 0 Å². The van der Waals surface area contributed by atoms with E-state index in [0.29, 0.717) is 5.82 Å². The Balaban J connectivity index is 2.10. The van der Waals surface area contributed by atoms with Crippen molar-refractivity contribution >= 4 is 0 Å². The second kappa shape index (κ2) is 4.41. The van der Waals surface area contributed by atoms with Crippen molar-refractivity contribution in [1.82, 2.24) is 14.8 Å². The Labute approximate surface area is 104 Å². The summed E-state index contributed by atoms with van der Waals surface area (Å²) in [6.45, 7) is 0. The molecule has 1 aromatic heterocycles. The molecular formula is C14H10FN3. The molecule has 4 heteroatoms. The molecule has 3 nitrogen and oxygen atoms in total. The number of benzene rings is 2. The number of para-hydroxylation sites is 1. The van der Waals surface area contributed by atoms with E-state index in [0.717, 1.165) is 11.3 Å². The summed E-state index contributed by atoms with van der Waals surface area (Å²) in [5.74, 6) is 0.436. The molecule has 0 N–H and O–H groups in total. The van der Waals surface area contributed by atoms with Crippen molar-refractivity contribution in [3.8, 4) is 17.1 Å².